The fraction of sp³-hybridized carbons (Fsp3) is 0.667. The average molecular weight is 274 g/mol. The van der Waals surface area contributed by atoms with E-state index in [2.05, 4.69) is 54.4 Å². The lowest BCUT2D eigenvalue weighted by molar-refractivity contribution is 0.229. The summed E-state index contributed by atoms with van der Waals surface area (Å²) >= 11 is 0. The fourth-order valence-electron chi connectivity index (χ4n) is 2.75. The zero-order chi connectivity index (χ0) is 14.2. The highest BCUT2D eigenvalue weighted by Crippen LogP contribution is 2.29. The first-order valence-corrected chi connectivity index (χ1v) is 8.37. The molecule has 1 N–H and O–H groups in total. The summed E-state index contributed by atoms with van der Waals surface area (Å²) in [6, 6.07) is 12.3. The molecule has 2 heteroatoms. The van der Waals surface area contributed by atoms with Gasteiger partial charge in [-0.25, -0.2) is 0 Å². The van der Waals surface area contributed by atoms with Gasteiger partial charge in [0.25, 0.3) is 0 Å². The largest absolute Gasteiger partial charge is 0.309 e. The van der Waals surface area contributed by atoms with Crippen molar-refractivity contribution in [2.75, 3.05) is 19.6 Å². The van der Waals surface area contributed by atoms with Crippen LogP contribution < -0.4 is 5.32 Å². The summed E-state index contributed by atoms with van der Waals surface area (Å²) in [7, 11) is 0. The summed E-state index contributed by atoms with van der Waals surface area (Å²) in [5.41, 5.74) is 1.43. The number of hydrogen-bond acceptors (Lipinski definition) is 2. The Labute approximate surface area is 124 Å². The van der Waals surface area contributed by atoms with Crippen molar-refractivity contribution in [1.82, 2.24) is 10.2 Å². The minimum Gasteiger partial charge on any atom is -0.309 e. The predicted molar refractivity (Wildman–Crippen MR) is 87.0 cm³/mol. The van der Waals surface area contributed by atoms with E-state index in [-0.39, 0.29) is 0 Å². The number of benzene rings is 1. The molecule has 20 heavy (non-hydrogen) atoms. The van der Waals surface area contributed by atoms with Gasteiger partial charge < -0.3 is 5.32 Å². The highest BCUT2D eigenvalue weighted by molar-refractivity contribution is 5.19. The van der Waals surface area contributed by atoms with Crippen molar-refractivity contribution in [3.63, 3.8) is 0 Å². The first-order valence-electron chi connectivity index (χ1n) is 8.37. The van der Waals surface area contributed by atoms with Crippen molar-refractivity contribution in [2.45, 2.75) is 58.0 Å². The summed E-state index contributed by atoms with van der Waals surface area (Å²) in [5.74, 6) is 0. The van der Waals surface area contributed by atoms with Crippen LogP contribution in [0, 0.1) is 0 Å². The van der Waals surface area contributed by atoms with Crippen LogP contribution >= 0.6 is 0 Å². The SMILES string of the molecule is CCCCN(CC(NCCC)c1ccccc1)C1CC1. The molecule has 1 unspecified atom stereocenters. The third-order valence-electron chi connectivity index (χ3n) is 4.12. The Morgan fingerprint density at radius 1 is 1.15 bits per heavy atom. The molecular formula is C18H30N2. The van der Waals surface area contributed by atoms with Crippen molar-refractivity contribution >= 4 is 0 Å². The Hall–Kier alpha value is -0.860. The van der Waals surface area contributed by atoms with Crippen molar-refractivity contribution in [3.05, 3.63) is 35.9 Å². The molecule has 0 amide bonds. The summed E-state index contributed by atoms with van der Waals surface area (Å²) in [6.07, 6.45) is 6.62. The molecule has 1 fully saturated rings. The number of nitrogens with zero attached hydrogens (tertiary/aromatic N) is 1. The first kappa shape index (κ1) is 15.5. The Balaban J connectivity index is 1.97. The van der Waals surface area contributed by atoms with Crippen LogP contribution in [-0.4, -0.2) is 30.6 Å². The zero-order valence-corrected chi connectivity index (χ0v) is 13.1. The van der Waals surface area contributed by atoms with Crippen LogP contribution in [0.2, 0.25) is 0 Å². The number of rotatable bonds is 10. The third-order valence-corrected chi connectivity index (χ3v) is 4.12. The van der Waals surface area contributed by atoms with Crippen LogP contribution in [0.5, 0.6) is 0 Å². The second-order valence-corrected chi connectivity index (χ2v) is 6.00. The van der Waals surface area contributed by atoms with Gasteiger partial charge in [0.2, 0.25) is 0 Å². The predicted octanol–water partition coefficient (Wildman–Crippen LogP) is 3.99. The second kappa shape index (κ2) is 8.43. The molecule has 0 aromatic heterocycles. The van der Waals surface area contributed by atoms with Crippen molar-refractivity contribution in [3.8, 4) is 0 Å². The van der Waals surface area contributed by atoms with E-state index in [1.54, 1.807) is 0 Å². The quantitative estimate of drug-likeness (QED) is 0.694. The molecule has 0 aliphatic heterocycles. The van der Waals surface area contributed by atoms with Gasteiger partial charge >= 0.3 is 0 Å². The van der Waals surface area contributed by atoms with Gasteiger partial charge in [-0.15, -0.1) is 0 Å². The number of unbranched alkanes of at least 4 members (excludes halogenated alkanes) is 1. The van der Waals surface area contributed by atoms with E-state index in [0.717, 1.165) is 19.1 Å². The van der Waals surface area contributed by atoms with Gasteiger partial charge in [0.15, 0.2) is 0 Å². The normalized spacial score (nSPS) is 16.6. The fourth-order valence-corrected chi connectivity index (χ4v) is 2.75. The molecule has 112 valence electrons. The van der Waals surface area contributed by atoms with E-state index in [9.17, 15) is 0 Å². The van der Waals surface area contributed by atoms with Crippen LogP contribution in [0.1, 0.15) is 57.6 Å². The minimum atomic E-state index is 0.480. The molecule has 0 saturated heterocycles. The standard InChI is InChI=1S/C18H30N2/c1-3-5-14-20(17-11-12-17)15-18(19-13-4-2)16-9-7-6-8-10-16/h6-10,17-19H,3-5,11-15H2,1-2H3. The van der Waals surface area contributed by atoms with E-state index >= 15 is 0 Å². The molecule has 2 nitrogen and oxygen atoms in total. The maximum absolute atomic E-state index is 3.73. The molecule has 1 aromatic carbocycles. The van der Waals surface area contributed by atoms with E-state index in [0.29, 0.717) is 6.04 Å². The van der Waals surface area contributed by atoms with Gasteiger partial charge in [0.05, 0.1) is 0 Å². The molecule has 0 radical (unpaired) electrons. The van der Waals surface area contributed by atoms with E-state index in [1.165, 1.54) is 44.2 Å². The van der Waals surface area contributed by atoms with Crippen LogP contribution in [0.15, 0.2) is 30.3 Å². The molecule has 0 bridgehead atoms. The summed E-state index contributed by atoms with van der Waals surface area (Å²) in [6.45, 7) is 8.05. The lowest BCUT2D eigenvalue weighted by Crippen LogP contribution is -2.37. The molecule has 1 aliphatic rings. The average Bonchev–Trinajstić information content (AvgIpc) is 3.32. The van der Waals surface area contributed by atoms with Crippen LogP contribution in [0.3, 0.4) is 0 Å². The Bertz CT molecular complexity index is 359. The minimum absolute atomic E-state index is 0.480. The molecule has 1 saturated carbocycles. The lowest BCUT2D eigenvalue weighted by Gasteiger charge is -2.28. The molecule has 1 aliphatic carbocycles. The van der Waals surface area contributed by atoms with Gasteiger partial charge in [-0.05, 0) is 44.3 Å². The molecule has 1 atom stereocenters. The summed E-state index contributed by atoms with van der Waals surface area (Å²) < 4.78 is 0. The molecule has 0 heterocycles. The van der Waals surface area contributed by atoms with Gasteiger partial charge in [-0.1, -0.05) is 50.6 Å². The van der Waals surface area contributed by atoms with Crippen LogP contribution in [-0.2, 0) is 0 Å². The summed E-state index contributed by atoms with van der Waals surface area (Å²) in [5, 5.41) is 3.73. The van der Waals surface area contributed by atoms with E-state index in [4.69, 9.17) is 0 Å². The lowest BCUT2D eigenvalue weighted by atomic mass is 10.1. The second-order valence-electron chi connectivity index (χ2n) is 6.00. The van der Waals surface area contributed by atoms with Gasteiger partial charge in [0, 0.05) is 18.6 Å². The van der Waals surface area contributed by atoms with Crippen LogP contribution in [0.25, 0.3) is 0 Å². The molecule has 2 rings (SSSR count). The van der Waals surface area contributed by atoms with Crippen molar-refractivity contribution in [2.24, 2.45) is 0 Å². The van der Waals surface area contributed by atoms with Gasteiger partial charge in [-0.3, -0.25) is 4.90 Å². The highest BCUT2D eigenvalue weighted by Gasteiger charge is 2.30. The van der Waals surface area contributed by atoms with Crippen molar-refractivity contribution < 1.29 is 0 Å². The highest BCUT2D eigenvalue weighted by atomic mass is 15.2. The van der Waals surface area contributed by atoms with Crippen LogP contribution in [0.4, 0.5) is 0 Å². The monoisotopic (exact) mass is 274 g/mol. The van der Waals surface area contributed by atoms with E-state index < -0.39 is 0 Å². The van der Waals surface area contributed by atoms with Gasteiger partial charge in [0.1, 0.15) is 0 Å². The summed E-state index contributed by atoms with van der Waals surface area (Å²) in [4.78, 5) is 2.71. The third kappa shape index (κ3) is 4.92. The Morgan fingerprint density at radius 2 is 1.90 bits per heavy atom. The maximum Gasteiger partial charge on any atom is 0.0449 e. The van der Waals surface area contributed by atoms with Gasteiger partial charge in [-0.2, -0.15) is 0 Å². The molecule has 0 spiro atoms. The molecule has 1 aromatic rings. The maximum atomic E-state index is 3.73. The number of nitrogens with one attached hydrogen (secondary N) is 1. The Morgan fingerprint density at radius 3 is 2.50 bits per heavy atom. The topological polar surface area (TPSA) is 15.3 Å². The first-order chi connectivity index (χ1) is 9.85. The van der Waals surface area contributed by atoms with E-state index in [1.807, 2.05) is 0 Å². The zero-order valence-electron chi connectivity index (χ0n) is 13.1. The Kier molecular flexibility index (Phi) is 6.55. The number of hydrogen-bond donors (Lipinski definition) is 1. The van der Waals surface area contributed by atoms with Crippen molar-refractivity contribution in [1.29, 1.82) is 0 Å². The smallest absolute Gasteiger partial charge is 0.0449 e. The molecular weight excluding hydrogens is 244 g/mol.